The fourth-order valence-corrected chi connectivity index (χ4v) is 3.98. The summed E-state index contributed by atoms with van der Waals surface area (Å²) in [5.74, 6) is 0.380. The number of hydrogen-bond acceptors (Lipinski definition) is 2. The summed E-state index contributed by atoms with van der Waals surface area (Å²) in [5.41, 5.74) is 0. The van der Waals surface area contributed by atoms with E-state index in [4.69, 9.17) is 5.11 Å². The second-order valence-corrected chi connectivity index (χ2v) is 8.83. The summed E-state index contributed by atoms with van der Waals surface area (Å²) in [6, 6.07) is 0. The third-order valence-corrected chi connectivity index (χ3v) is 5.70. The van der Waals surface area contributed by atoms with Crippen molar-refractivity contribution in [2.24, 2.45) is 5.92 Å². The largest absolute Gasteiger partial charge is 0.481 e. The number of carbonyl (C=O) groups excluding carboxylic acids is 1. The van der Waals surface area contributed by atoms with E-state index in [1.165, 1.54) is 89.9 Å². The molecule has 0 aliphatic rings. The Bertz CT molecular complexity index is 365. The van der Waals surface area contributed by atoms with Crippen molar-refractivity contribution in [3.8, 4) is 0 Å². The lowest BCUT2D eigenvalue weighted by Gasteiger charge is -2.08. The number of hydrogen-bond donors (Lipinski definition) is 1. The minimum Gasteiger partial charge on any atom is -0.481 e. The van der Waals surface area contributed by atoms with Crippen LogP contribution in [0.15, 0.2) is 0 Å². The maximum atomic E-state index is 11.9. The average Bonchev–Trinajstić information content (AvgIpc) is 2.64. The van der Waals surface area contributed by atoms with Gasteiger partial charge in [0.05, 0.1) is 0 Å². The second kappa shape index (κ2) is 20.9. The van der Waals surface area contributed by atoms with Crippen molar-refractivity contribution in [2.45, 2.75) is 142 Å². The zero-order valence-corrected chi connectivity index (χ0v) is 19.0. The summed E-state index contributed by atoms with van der Waals surface area (Å²) in [6.45, 7) is 4.39. The SMILES string of the molecule is CCC[C@@H](C)CC(=O)CCCCCCCCCCCCCCCCCC(=O)O. The topological polar surface area (TPSA) is 54.4 Å². The normalized spacial score (nSPS) is 12.2. The summed E-state index contributed by atoms with van der Waals surface area (Å²) >= 11 is 0. The van der Waals surface area contributed by atoms with Crippen molar-refractivity contribution < 1.29 is 14.7 Å². The standard InChI is InChI=1S/C25H48O3/c1-3-19-23(2)22-24(26)20-17-15-13-11-9-7-5-4-6-8-10-12-14-16-18-21-25(27)28/h23H,3-22H2,1-2H3,(H,27,28)/t23-/m1/s1. The maximum Gasteiger partial charge on any atom is 0.303 e. The Kier molecular flexibility index (Phi) is 20.2. The summed E-state index contributed by atoms with van der Waals surface area (Å²) in [5, 5.41) is 8.58. The van der Waals surface area contributed by atoms with Crippen molar-refractivity contribution in [2.75, 3.05) is 0 Å². The van der Waals surface area contributed by atoms with Crippen LogP contribution < -0.4 is 0 Å². The lowest BCUT2D eigenvalue weighted by atomic mass is 9.97. The zero-order chi connectivity index (χ0) is 20.9. The molecule has 0 fully saturated rings. The molecule has 0 amide bonds. The van der Waals surface area contributed by atoms with Crippen LogP contribution in [0.1, 0.15) is 142 Å². The number of ketones is 1. The zero-order valence-electron chi connectivity index (χ0n) is 19.0. The van der Waals surface area contributed by atoms with E-state index in [1.807, 2.05) is 0 Å². The van der Waals surface area contributed by atoms with Gasteiger partial charge < -0.3 is 5.11 Å². The van der Waals surface area contributed by atoms with Crippen LogP contribution in [0.2, 0.25) is 0 Å². The molecule has 0 unspecified atom stereocenters. The van der Waals surface area contributed by atoms with Gasteiger partial charge in [-0.15, -0.1) is 0 Å². The third kappa shape index (κ3) is 21.4. The molecule has 0 aromatic heterocycles. The highest BCUT2D eigenvalue weighted by molar-refractivity contribution is 5.78. The van der Waals surface area contributed by atoms with Crippen LogP contribution in [0.4, 0.5) is 0 Å². The number of aliphatic carboxylic acids is 1. The van der Waals surface area contributed by atoms with Gasteiger partial charge in [0.25, 0.3) is 0 Å². The Morgan fingerprint density at radius 2 is 1.00 bits per heavy atom. The minimum absolute atomic E-state index is 0.330. The van der Waals surface area contributed by atoms with Crippen LogP contribution in [0.25, 0.3) is 0 Å². The highest BCUT2D eigenvalue weighted by atomic mass is 16.4. The van der Waals surface area contributed by atoms with Crippen LogP contribution in [-0.4, -0.2) is 16.9 Å². The molecule has 0 heterocycles. The Labute approximate surface area is 175 Å². The number of carboxylic acid groups (broad SMARTS) is 1. The van der Waals surface area contributed by atoms with Gasteiger partial charge in [-0.1, -0.05) is 110 Å². The van der Waals surface area contributed by atoms with Gasteiger partial charge in [-0.25, -0.2) is 0 Å². The number of carboxylic acids is 1. The molecule has 0 radical (unpaired) electrons. The van der Waals surface area contributed by atoms with E-state index in [2.05, 4.69) is 13.8 Å². The Hall–Kier alpha value is -0.860. The van der Waals surface area contributed by atoms with Gasteiger partial charge in [-0.05, 0) is 18.8 Å². The van der Waals surface area contributed by atoms with Gasteiger partial charge in [-0.3, -0.25) is 9.59 Å². The Balaban J connectivity index is 3.16. The fourth-order valence-electron chi connectivity index (χ4n) is 3.98. The quantitative estimate of drug-likeness (QED) is 0.188. The Morgan fingerprint density at radius 1 is 0.643 bits per heavy atom. The van der Waals surface area contributed by atoms with Crippen molar-refractivity contribution >= 4 is 11.8 Å². The first kappa shape index (κ1) is 27.1. The van der Waals surface area contributed by atoms with Crippen LogP contribution in [0.5, 0.6) is 0 Å². The van der Waals surface area contributed by atoms with E-state index in [1.54, 1.807) is 0 Å². The molecular weight excluding hydrogens is 348 g/mol. The molecule has 3 heteroatoms. The van der Waals surface area contributed by atoms with Crippen molar-refractivity contribution in [3.63, 3.8) is 0 Å². The summed E-state index contributed by atoms with van der Waals surface area (Å²) in [7, 11) is 0. The first-order chi connectivity index (χ1) is 13.6. The summed E-state index contributed by atoms with van der Waals surface area (Å²) in [6.07, 6.45) is 23.0. The van der Waals surface area contributed by atoms with Crippen molar-refractivity contribution in [3.05, 3.63) is 0 Å². The van der Waals surface area contributed by atoms with E-state index in [0.717, 1.165) is 32.1 Å². The van der Waals surface area contributed by atoms with Gasteiger partial charge in [0.2, 0.25) is 0 Å². The monoisotopic (exact) mass is 396 g/mol. The molecular formula is C25H48O3. The Morgan fingerprint density at radius 3 is 1.36 bits per heavy atom. The van der Waals surface area contributed by atoms with Gasteiger partial charge in [0.15, 0.2) is 0 Å². The molecule has 166 valence electrons. The van der Waals surface area contributed by atoms with Crippen molar-refractivity contribution in [1.29, 1.82) is 0 Å². The molecule has 3 nitrogen and oxygen atoms in total. The maximum absolute atomic E-state index is 11.9. The molecule has 0 spiro atoms. The highest BCUT2D eigenvalue weighted by Gasteiger charge is 2.07. The summed E-state index contributed by atoms with van der Waals surface area (Å²) < 4.78 is 0. The van der Waals surface area contributed by atoms with E-state index in [-0.39, 0.29) is 0 Å². The fraction of sp³-hybridized carbons (Fsp3) is 0.920. The molecule has 0 rings (SSSR count). The van der Waals surface area contributed by atoms with Gasteiger partial charge in [0.1, 0.15) is 5.78 Å². The van der Waals surface area contributed by atoms with E-state index >= 15 is 0 Å². The van der Waals surface area contributed by atoms with Crippen LogP contribution in [0.3, 0.4) is 0 Å². The molecule has 1 N–H and O–H groups in total. The molecule has 0 saturated carbocycles. The summed E-state index contributed by atoms with van der Waals surface area (Å²) in [4.78, 5) is 22.3. The van der Waals surface area contributed by atoms with Gasteiger partial charge >= 0.3 is 5.97 Å². The van der Waals surface area contributed by atoms with Crippen LogP contribution in [0, 0.1) is 5.92 Å². The second-order valence-electron chi connectivity index (χ2n) is 8.83. The molecule has 0 aliphatic carbocycles. The molecule has 0 aromatic carbocycles. The molecule has 28 heavy (non-hydrogen) atoms. The van der Waals surface area contributed by atoms with Crippen molar-refractivity contribution in [1.82, 2.24) is 0 Å². The average molecular weight is 397 g/mol. The van der Waals surface area contributed by atoms with E-state index < -0.39 is 5.97 Å². The lowest BCUT2D eigenvalue weighted by molar-refractivity contribution is -0.137. The molecule has 0 bridgehead atoms. The minimum atomic E-state index is -0.664. The van der Waals surface area contributed by atoms with E-state index in [9.17, 15) is 9.59 Å². The first-order valence-electron chi connectivity index (χ1n) is 12.3. The lowest BCUT2D eigenvalue weighted by Crippen LogP contribution is -2.05. The predicted molar refractivity (Wildman–Crippen MR) is 120 cm³/mol. The third-order valence-electron chi connectivity index (χ3n) is 5.70. The molecule has 0 aliphatic heterocycles. The highest BCUT2D eigenvalue weighted by Crippen LogP contribution is 2.16. The molecule has 0 saturated heterocycles. The van der Waals surface area contributed by atoms with E-state index in [0.29, 0.717) is 18.1 Å². The number of rotatable bonds is 22. The predicted octanol–water partition coefficient (Wildman–Crippen LogP) is 8.10. The number of Topliss-reactive ketones (excluding diaryl/α,β-unsaturated/α-hetero) is 1. The number of unbranched alkanes of at least 4 members (excludes halogenated alkanes) is 14. The molecule has 0 aromatic rings. The molecule has 1 atom stereocenters. The first-order valence-corrected chi connectivity index (χ1v) is 12.3. The van der Waals surface area contributed by atoms with Gasteiger partial charge in [-0.2, -0.15) is 0 Å². The van der Waals surface area contributed by atoms with Gasteiger partial charge in [0, 0.05) is 19.3 Å². The smallest absolute Gasteiger partial charge is 0.303 e. The van der Waals surface area contributed by atoms with Crippen LogP contribution >= 0.6 is 0 Å². The number of carbonyl (C=O) groups is 2. The van der Waals surface area contributed by atoms with Crippen LogP contribution in [-0.2, 0) is 9.59 Å².